The molecule has 0 bridgehead atoms. The molecular formula is C15H20BrN3O2. The highest BCUT2D eigenvalue weighted by Gasteiger charge is 2.16. The molecular weight excluding hydrogens is 334 g/mol. The number of ether oxygens (including phenoxy) is 1. The van der Waals surface area contributed by atoms with E-state index in [1.165, 1.54) is 0 Å². The van der Waals surface area contributed by atoms with E-state index in [2.05, 4.69) is 26.0 Å². The Morgan fingerprint density at radius 1 is 1.38 bits per heavy atom. The maximum Gasteiger partial charge on any atom is 0.212 e. The van der Waals surface area contributed by atoms with Gasteiger partial charge in [0, 0.05) is 31.6 Å². The Kier molecular flexibility index (Phi) is 5.36. The van der Waals surface area contributed by atoms with Crippen LogP contribution >= 0.6 is 15.9 Å². The molecule has 1 N–H and O–H groups in total. The lowest BCUT2D eigenvalue weighted by molar-refractivity contribution is 0.172. The van der Waals surface area contributed by atoms with Gasteiger partial charge in [-0.3, -0.25) is 4.68 Å². The van der Waals surface area contributed by atoms with Gasteiger partial charge < -0.3 is 9.84 Å². The number of aliphatic hydroxyl groups is 1. The number of pyridine rings is 1. The summed E-state index contributed by atoms with van der Waals surface area (Å²) in [7, 11) is 1.59. The highest BCUT2D eigenvalue weighted by Crippen LogP contribution is 2.23. The van der Waals surface area contributed by atoms with Gasteiger partial charge >= 0.3 is 0 Å². The quantitative estimate of drug-likeness (QED) is 0.866. The Bertz CT molecular complexity index is 596. The van der Waals surface area contributed by atoms with Crippen molar-refractivity contribution in [1.82, 2.24) is 14.8 Å². The summed E-state index contributed by atoms with van der Waals surface area (Å²) in [5.41, 5.74) is 2.97. The summed E-state index contributed by atoms with van der Waals surface area (Å²) in [6.45, 7) is 4.79. The molecule has 0 aromatic carbocycles. The fraction of sp³-hybridized carbons (Fsp3) is 0.467. The van der Waals surface area contributed by atoms with Gasteiger partial charge in [-0.15, -0.1) is 0 Å². The van der Waals surface area contributed by atoms with E-state index < -0.39 is 6.10 Å². The predicted octanol–water partition coefficient (Wildman–Crippen LogP) is 2.52. The zero-order chi connectivity index (χ0) is 15.4. The second kappa shape index (κ2) is 7.04. The first kappa shape index (κ1) is 16.0. The third kappa shape index (κ3) is 3.83. The molecule has 114 valence electrons. The summed E-state index contributed by atoms with van der Waals surface area (Å²) in [5, 5.41) is 14.8. The monoisotopic (exact) mass is 353 g/mol. The molecule has 2 heterocycles. The molecule has 2 aromatic heterocycles. The highest BCUT2D eigenvalue weighted by molar-refractivity contribution is 9.10. The van der Waals surface area contributed by atoms with Crippen LogP contribution in [0.15, 0.2) is 22.8 Å². The van der Waals surface area contributed by atoms with Crippen LogP contribution in [0.2, 0.25) is 0 Å². The Hall–Kier alpha value is -1.40. The van der Waals surface area contributed by atoms with Crippen molar-refractivity contribution in [2.45, 2.75) is 39.3 Å². The topological polar surface area (TPSA) is 60.2 Å². The smallest absolute Gasteiger partial charge is 0.212 e. The van der Waals surface area contributed by atoms with Crippen LogP contribution in [0, 0.1) is 6.92 Å². The largest absolute Gasteiger partial charge is 0.481 e. The summed E-state index contributed by atoms with van der Waals surface area (Å²) in [6, 6.07) is 3.73. The van der Waals surface area contributed by atoms with E-state index >= 15 is 0 Å². The molecule has 1 unspecified atom stereocenters. The van der Waals surface area contributed by atoms with E-state index in [-0.39, 0.29) is 0 Å². The van der Waals surface area contributed by atoms with Gasteiger partial charge in [0.2, 0.25) is 5.88 Å². The third-order valence-electron chi connectivity index (χ3n) is 3.36. The number of rotatable bonds is 6. The van der Waals surface area contributed by atoms with Crippen molar-refractivity contribution in [3.05, 3.63) is 39.8 Å². The number of hydrogen-bond donors (Lipinski definition) is 1. The maximum absolute atomic E-state index is 10.3. The number of halogens is 1. The van der Waals surface area contributed by atoms with E-state index in [0.717, 1.165) is 28.0 Å². The van der Waals surface area contributed by atoms with Gasteiger partial charge in [-0.1, -0.05) is 6.07 Å². The van der Waals surface area contributed by atoms with Crippen LogP contribution in [0.3, 0.4) is 0 Å². The van der Waals surface area contributed by atoms with Gasteiger partial charge in [-0.25, -0.2) is 4.98 Å². The van der Waals surface area contributed by atoms with Crippen molar-refractivity contribution in [3.63, 3.8) is 0 Å². The average molecular weight is 354 g/mol. The number of aromatic nitrogens is 3. The zero-order valence-electron chi connectivity index (χ0n) is 12.5. The lowest BCUT2D eigenvalue weighted by Gasteiger charge is -2.12. The lowest BCUT2D eigenvalue weighted by Crippen LogP contribution is -2.17. The standard InChI is InChI=1S/C15H20BrN3O2/c1-4-19-13(15(16)10(2)18-19)8-12(20)7-11-5-6-14(21-3)17-9-11/h5-6,9,12,20H,4,7-8H2,1-3H3. The maximum atomic E-state index is 10.3. The van der Waals surface area contributed by atoms with Gasteiger partial charge in [0.15, 0.2) is 0 Å². The average Bonchev–Trinajstić information content (AvgIpc) is 2.75. The fourth-order valence-corrected chi connectivity index (χ4v) is 2.73. The number of nitrogens with zero attached hydrogens (tertiary/aromatic N) is 3. The molecule has 2 rings (SSSR count). The summed E-state index contributed by atoms with van der Waals surface area (Å²) in [5.74, 6) is 0.579. The van der Waals surface area contributed by atoms with E-state index in [1.807, 2.05) is 24.6 Å². The molecule has 5 nitrogen and oxygen atoms in total. The van der Waals surface area contributed by atoms with E-state index in [9.17, 15) is 5.11 Å². The SMILES string of the molecule is CCn1nc(C)c(Br)c1CC(O)Cc1ccc(OC)nc1. The van der Waals surface area contributed by atoms with E-state index in [4.69, 9.17) is 4.74 Å². The number of aliphatic hydroxyl groups excluding tert-OH is 1. The summed E-state index contributed by atoms with van der Waals surface area (Å²) < 4.78 is 7.94. The Labute approximate surface area is 133 Å². The molecule has 0 aliphatic heterocycles. The minimum Gasteiger partial charge on any atom is -0.481 e. The van der Waals surface area contributed by atoms with Gasteiger partial charge in [0.25, 0.3) is 0 Å². The summed E-state index contributed by atoms with van der Waals surface area (Å²) in [6.07, 6.45) is 2.37. The van der Waals surface area contributed by atoms with Crippen molar-refractivity contribution < 1.29 is 9.84 Å². The molecule has 0 amide bonds. The molecule has 0 saturated carbocycles. The van der Waals surface area contributed by atoms with Gasteiger partial charge in [0.1, 0.15) is 0 Å². The molecule has 0 spiro atoms. The lowest BCUT2D eigenvalue weighted by atomic mass is 10.1. The highest BCUT2D eigenvalue weighted by atomic mass is 79.9. The molecule has 0 aliphatic rings. The fourth-order valence-electron chi connectivity index (χ4n) is 2.28. The van der Waals surface area contributed by atoms with Crippen LogP contribution in [0.1, 0.15) is 23.9 Å². The number of methoxy groups -OCH3 is 1. The second-order valence-corrected chi connectivity index (χ2v) is 5.73. The molecule has 0 radical (unpaired) electrons. The molecule has 2 aromatic rings. The number of aryl methyl sites for hydroxylation is 2. The minimum absolute atomic E-state index is 0.474. The second-order valence-electron chi connectivity index (χ2n) is 4.93. The van der Waals surface area contributed by atoms with E-state index in [1.54, 1.807) is 19.4 Å². The van der Waals surface area contributed by atoms with E-state index in [0.29, 0.717) is 18.7 Å². The minimum atomic E-state index is -0.474. The molecule has 21 heavy (non-hydrogen) atoms. The summed E-state index contributed by atoms with van der Waals surface area (Å²) in [4.78, 5) is 4.15. The van der Waals surface area contributed by atoms with Crippen molar-refractivity contribution in [2.24, 2.45) is 0 Å². The van der Waals surface area contributed by atoms with Crippen LogP contribution in [0.25, 0.3) is 0 Å². The molecule has 1 atom stereocenters. The summed E-state index contributed by atoms with van der Waals surface area (Å²) >= 11 is 3.55. The van der Waals surface area contributed by atoms with Crippen LogP contribution in [-0.4, -0.2) is 33.1 Å². The van der Waals surface area contributed by atoms with Crippen molar-refractivity contribution in [1.29, 1.82) is 0 Å². The first-order valence-electron chi connectivity index (χ1n) is 6.93. The van der Waals surface area contributed by atoms with Crippen molar-refractivity contribution in [3.8, 4) is 5.88 Å². The molecule has 0 aliphatic carbocycles. The van der Waals surface area contributed by atoms with Gasteiger partial charge in [-0.05, 0) is 35.3 Å². The Morgan fingerprint density at radius 2 is 2.14 bits per heavy atom. The molecule has 0 fully saturated rings. The first-order valence-corrected chi connectivity index (χ1v) is 7.73. The van der Waals surface area contributed by atoms with Crippen LogP contribution in [0.4, 0.5) is 0 Å². The zero-order valence-corrected chi connectivity index (χ0v) is 14.1. The number of hydrogen-bond acceptors (Lipinski definition) is 4. The first-order chi connectivity index (χ1) is 10.0. The normalized spacial score (nSPS) is 12.4. The molecule has 0 saturated heterocycles. The predicted molar refractivity (Wildman–Crippen MR) is 84.5 cm³/mol. The Balaban J connectivity index is 2.05. The van der Waals surface area contributed by atoms with Crippen LogP contribution in [0.5, 0.6) is 5.88 Å². The van der Waals surface area contributed by atoms with Gasteiger partial charge in [-0.2, -0.15) is 5.10 Å². The van der Waals surface area contributed by atoms with Crippen molar-refractivity contribution in [2.75, 3.05) is 7.11 Å². The van der Waals surface area contributed by atoms with Crippen molar-refractivity contribution >= 4 is 15.9 Å². The third-order valence-corrected chi connectivity index (χ3v) is 4.39. The Morgan fingerprint density at radius 3 is 2.71 bits per heavy atom. The van der Waals surface area contributed by atoms with Crippen LogP contribution < -0.4 is 4.74 Å². The van der Waals surface area contributed by atoms with Crippen LogP contribution in [-0.2, 0) is 19.4 Å². The van der Waals surface area contributed by atoms with Gasteiger partial charge in [0.05, 0.1) is 29.1 Å². The molecule has 6 heteroatoms.